The summed E-state index contributed by atoms with van der Waals surface area (Å²) >= 11 is 1.43. The second-order valence-electron chi connectivity index (χ2n) is 4.69. The molecule has 1 aromatic rings. The Morgan fingerprint density at radius 1 is 1.55 bits per heavy atom. The number of rotatable bonds is 5. The predicted molar refractivity (Wildman–Crippen MR) is 77.3 cm³/mol. The maximum Gasteiger partial charge on any atom is 0.340 e. The average molecular weight is 297 g/mol. The molecule has 1 saturated heterocycles. The monoisotopic (exact) mass is 297 g/mol. The van der Waals surface area contributed by atoms with Gasteiger partial charge < -0.3 is 14.8 Å². The molecule has 0 spiro atoms. The van der Waals surface area contributed by atoms with E-state index in [1.165, 1.54) is 18.4 Å². The highest BCUT2D eigenvalue weighted by atomic mass is 32.1. The van der Waals surface area contributed by atoms with Gasteiger partial charge in [-0.05, 0) is 25.3 Å². The average Bonchev–Trinajstić information content (AvgIpc) is 3.08. The van der Waals surface area contributed by atoms with Gasteiger partial charge in [-0.1, -0.05) is 13.3 Å². The van der Waals surface area contributed by atoms with Crippen molar-refractivity contribution in [2.45, 2.75) is 38.7 Å². The molecule has 2 rings (SSSR count). The van der Waals surface area contributed by atoms with Crippen LogP contribution in [0.1, 0.15) is 41.4 Å². The Balaban J connectivity index is 2.15. The fourth-order valence-corrected chi connectivity index (χ4v) is 3.29. The van der Waals surface area contributed by atoms with Crippen LogP contribution in [0.2, 0.25) is 0 Å². The molecular formula is C14H19NO4S. The number of nitrogens with one attached hydrogen (secondary N) is 1. The minimum absolute atomic E-state index is 0.183. The van der Waals surface area contributed by atoms with Gasteiger partial charge in [0.2, 0.25) is 0 Å². The Morgan fingerprint density at radius 3 is 2.95 bits per heavy atom. The second kappa shape index (κ2) is 6.85. The van der Waals surface area contributed by atoms with E-state index in [2.05, 4.69) is 12.2 Å². The van der Waals surface area contributed by atoms with Crippen LogP contribution in [0.5, 0.6) is 0 Å². The Labute approximate surface area is 122 Å². The maximum absolute atomic E-state index is 12.1. The summed E-state index contributed by atoms with van der Waals surface area (Å²) < 4.78 is 10.1. The number of hydrogen-bond donors (Lipinski definition) is 1. The first-order valence-electron chi connectivity index (χ1n) is 6.79. The van der Waals surface area contributed by atoms with Crippen LogP contribution in [-0.2, 0) is 20.7 Å². The Hall–Kier alpha value is -1.40. The van der Waals surface area contributed by atoms with Crippen LogP contribution >= 0.6 is 11.3 Å². The molecule has 2 heterocycles. The smallest absolute Gasteiger partial charge is 0.340 e. The van der Waals surface area contributed by atoms with Crippen molar-refractivity contribution in [3.63, 3.8) is 0 Å². The van der Waals surface area contributed by atoms with Crippen molar-refractivity contribution in [1.29, 1.82) is 0 Å². The van der Waals surface area contributed by atoms with Crippen molar-refractivity contribution in [2.75, 3.05) is 19.0 Å². The molecule has 0 saturated carbocycles. The predicted octanol–water partition coefficient (Wildman–Crippen LogP) is 2.60. The highest BCUT2D eigenvalue weighted by Gasteiger charge is 2.26. The summed E-state index contributed by atoms with van der Waals surface area (Å²) in [6.07, 6.45) is 3.09. The number of carbonyl (C=O) groups excluding carboxylic acids is 2. The number of methoxy groups -OCH3 is 1. The number of anilines is 1. The van der Waals surface area contributed by atoms with Crippen LogP contribution in [0.4, 0.5) is 5.00 Å². The molecule has 1 atom stereocenters. The van der Waals surface area contributed by atoms with Crippen LogP contribution in [0.25, 0.3) is 0 Å². The lowest BCUT2D eigenvalue weighted by Crippen LogP contribution is -2.27. The molecule has 1 N–H and O–H groups in total. The van der Waals surface area contributed by atoms with Gasteiger partial charge >= 0.3 is 5.97 Å². The SMILES string of the molecule is CCCc1cc(C(=O)OC)c(NC(=O)C2CCCO2)s1. The van der Waals surface area contributed by atoms with Gasteiger partial charge in [0.15, 0.2) is 0 Å². The molecule has 0 bridgehead atoms. The molecule has 20 heavy (non-hydrogen) atoms. The van der Waals surface area contributed by atoms with Crippen molar-refractivity contribution in [2.24, 2.45) is 0 Å². The molecule has 1 aliphatic heterocycles. The van der Waals surface area contributed by atoms with E-state index in [9.17, 15) is 9.59 Å². The summed E-state index contributed by atoms with van der Waals surface area (Å²) in [5.74, 6) is -0.608. The Bertz CT molecular complexity index is 491. The zero-order valence-electron chi connectivity index (χ0n) is 11.7. The minimum Gasteiger partial charge on any atom is -0.465 e. The number of hydrogen-bond acceptors (Lipinski definition) is 5. The van der Waals surface area contributed by atoms with Crippen LogP contribution in [0.3, 0.4) is 0 Å². The third-order valence-corrected chi connectivity index (χ3v) is 4.25. The second-order valence-corrected chi connectivity index (χ2v) is 5.82. The molecule has 1 unspecified atom stereocenters. The molecule has 1 aliphatic rings. The van der Waals surface area contributed by atoms with Gasteiger partial charge in [-0.15, -0.1) is 11.3 Å². The lowest BCUT2D eigenvalue weighted by atomic mass is 10.2. The summed E-state index contributed by atoms with van der Waals surface area (Å²) in [7, 11) is 1.34. The number of carbonyl (C=O) groups is 2. The molecule has 0 aromatic carbocycles. The first kappa shape index (κ1) is 15.0. The first-order chi connectivity index (χ1) is 9.65. The molecule has 110 valence electrons. The fourth-order valence-electron chi connectivity index (χ4n) is 2.14. The van der Waals surface area contributed by atoms with Gasteiger partial charge in [0.25, 0.3) is 5.91 Å². The van der Waals surface area contributed by atoms with Crippen LogP contribution < -0.4 is 5.32 Å². The van der Waals surface area contributed by atoms with Gasteiger partial charge in [0.05, 0.1) is 12.7 Å². The van der Waals surface area contributed by atoms with Crippen LogP contribution in [0.15, 0.2) is 6.07 Å². The van der Waals surface area contributed by atoms with E-state index in [4.69, 9.17) is 9.47 Å². The molecule has 1 fully saturated rings. The standard InChI is InChI=1S/C14H19NO4S/c1-3-5-9-8-10(14(17)18-2)13(20-9)15-12(16)11-6-4-7-19-11/h8,11H,3-7H2,1-2H3,(H,15,16). The zero-order chi connectivity index (χ0) is 14.5. The molecule has 6 heteroatoms. The van der Waals surface area contributed by atoms with Gasteiger partial charge in [0.1, 0.15) is 11.1 Å². The quantitative estimate of drug-likeness (QED) is 0.848. The summed E-state index contributed by atoms with van der Waals surface area (Å²) in [6, 6.07) is 1.80. The third kappa shape index (κ3) is 3.37. The highest BCUT2D eigenvalue weighted by Crippen LogP contribution is 2.30. The first-order valence-corrected chi connectivity index (χ1v) is 7.60. The van der Waals surface area contributed by atoms with E-state index in [1.54, 1.807) is 6.07 Å². The third-order valence-electron chi connectivity index (χ3n) is 3.14. The molecule has 0 radical (unpaired) electrons. The summed E-state index contributed by atoms with van der Waals surface area (Å²) in [6.45, 7) is 2.69. The summed E-state index contributed by atoms with van der Waals surface area (Å²) in [5, 5.41) is 3.36. The number of thiophene rings is 1. The maximum atomic E-state index is 12.1. The van der Waals surface area contributed by atoms with E-state index >= 15 is 0 Å². The molecule has 0 aliphatic carbocycles. The number of esters is 1. The zero-order valence-corrected chi connectivity index (χ0v) is 12.5. The van der Waals surface area contributed by atoms with E-state index < -0.39 is 12.1 Å². The van der Waals surface area contributed by atoms with Crippen molar-refractivity contribution in [1.82, 2.24) is 0 Å². The van der Waals surface area contributed by atoms with Gasteiger partial charge in [-0.25, -0.2) is 4.79 Å². The van der Waals surface area contributed by atoms with Crippen molar-refractivity contribution < 1.29 is 19.1 Å². The van der Waals surface area contributed by atoms with Crippen LogP contribution in [-0.4, -0.2) is 31.7 Å². The fraction of sp³-hybridized carbons (Fsp3) is 0.571. The van der Waals surface area contributed by atoms with Gasteiger partial charge in [0, 0.05) is 11.5 Å². The normalized spacial score (nSPS) is 18.0. The lowest BCUT2D eigenvalue weighted by molar-refractivity contribution is -0.124. The van der Waals surface area contributed by atoms with Gasteiger partial charge in [-0.3, -0.25) is 4.79 Å². The molecular weight excluding hydrogens is 278 g/mol. The Morgan fingerprint density at radius 2 is 2.35 bits per heavy atom. The van der Waals surface area contributed by atoms with E-state index in [0.717, 1.165) is 30.6 Å². The van der Waals surface area contributed by atoms with Crippen molar-refractivity contribution >= 4 is 28.2 Å². The van der Waals surface area contributed by atoms with Crippen LogP contribution in [0, 0.1) is 0 Å². The number of aryl methyl sites for hydroxylation is 1. The Kier molecular flexibility index (Phi) is 5.14. The topological polar surface area (TPSA) is 64.6 Å². The largest absolute Gasteiger partial charge is 0.465 e. The van der Waals surface area contributed by atoms with Crippen molar-refractivity contribution in [3.05, 3.63) is 16.5 Å². The van der Waals surface area contributed by atoms with E-state index in [1.807, 2.05) is 0 Å². The van der Waals surface area contributed by atoms with E-state index in [-0.39, 0.29) is 5.91 Å². The molecule has 1 amide bonds. The highest BCUT2D eigenvalue weighted by molar-refractivity contribution is 7.16. The van der Waals surface area contributed by atoms with Crippen molar-refractivity contribution in [3.8, 4) is 0 Å². The summed E-state index contributed by atoms with van der Waals surface area (Å²) in [4.78, 5) is 24.9. The molecule has 1 aromatic heterocycles. The summed E-state index contributed by atoms with van der Waals surface area (Å²) in [5.41, 5.74) is 0.423. The lowest BCUT2D eigenvalue weighted by Gasteiger charge is -2.09. The number of amides is 1. The number of ether oxygens (including phenoxy) is 2. The van der Waals surface area contributed by atoms with E-state index in [0.29, 0.717) is 17.2 Å². The minimum atomic E-state index is -0.425. The van der Waals surface area contributed by atoms with Gasteiger partial charge in [-0.2, -0.15) is 0 Å². The molecule has 5 nitrogen and oxygen atoms in total.